The molecule has 0 radical (unpaired) electrons. The summed E-state index contributed by atoms with van der Waals surface area (Å²) in [5.41, 5.74) is 7.51. The van der Waals surface area contributed by atoms with E-state index in [-0.39, 0.29) is 5.56 Å². The Balaban J connectivity index is 3.32. The van der Waals surface area contributed by atoms with Crippen molar-refractivity contribution in [3.63, 3.8) is 0 Å². The van der Waals surface area contributed by atoms with Crippen LogP contribution < -0.4 is 11.3 Å². The predicted octanol–water partition coefficient (Wildman–Crippen LogP) is 0.828. The van der Waals surface area contributed by atoms with Gasteiger partial charge in [-0.3, -0.25) is 4.79 Å². The van der Waals surface area contributed by atoms with Crippen molar-refractivity contribution in [2.24, 2.45) is 0 Å². The van der Waals surface area contributed by atoms with Gasteiger partial charge in [-0.1, -0.05) is 6.92 Å². The van der Waals surface area contributed by atoms with Crippen LogP contribution in [0.5, 0.6) is 0 Å². The molecule has 0 aliphatic heterocycles. The maximum absolute atomic E-state index is 11.0. The summed E-state index contributed by atoms with van der Waals surface area (Å²) in [5, 5.41) is 0. The fraction of sp³-hybridized carbons (Fsp3) is 0.375. The molecule has 3 nitrogen and oxygen atoms in total. The van der Waals surface area contributed by atoms with Crippen molar-refractivity contribution in [1.82, 2.24) is 4.98 Å². The summed E-state index contributed by atoms with van der Waals surface area (Å²) in [6.07, 6.45) is 0.835. The molecule has 0 atom stereocenters. The zero-order valence-electron chi connectivity index (χ0n) is 6.77. The molecule has 1 rings (SSSR count). The summed E-state index contributed by atoms with van der Waals surface area (Å²) in [4.78, 5) is 13.7. The normalized spacial score (nSPS) is 10.0. The van der Waals surface area contributed by atoms with Crippen molar-refractivity contribution in [3.05, 3.63) is 27.7 Å². The van der Waals surface area contributed by atoms with E-state index in [0.29, 0.717) is 5.69 Å². The van der Waals surface area contributed by atoms with E-state index < -0.39 is 0 Å². The van der Waals surface area contributed by atoms with Gasteiger partial charge in [-0.25, -0.2) is 0 Å². The third-order valence-electron chi connectivity index (χ3n) is 1.73. The van der Waals surface area contributed by atoms with Crippen LogP contribution in [0.25, 0.3) is 0 Å². The average Bonchev–Trinajstić information content (AvgIpc) is 1.97. The highest BCUT2D eigenvalue weighted by Gasteiger charge is 1.99. The van der Waals surface area contributed by atoms with Crippen LogP contribution in [0.1, 0.15) is 18.2 Å². The van der Waals surface area contributed by atoms with Crippen LogP contribution in [0.4, 0.5) is 5.69 Å². The second-order valence-electron chi connectivity index (χ2n) is 2.57. The minimum Gasteiger partial charge on any atom is -0.394 e. The number of pyridine rings is 1. The Morgan fingerprint density at radius 2 is 2.27 bits per heavy atom. The predicted molar refractivity (Wildman–Crippen MR) is 45.6 cm³/mol. The molecule has 0 spiro atoms. The number of nitrogen functional groups attached to an aromatic ring is 1. The topological polar surface area (TPSA) is 58.9 Å². The summed E-state index contributed by atoms with van der Waals surface area (Å²) in [6, 6.07) is 1.71. The second-order valence-corrected chi connectivity index (χ2v) is 2.57. The molecule has 1 aromatic heterocycles. The standard InChI is InChI=1S/C8H12N2O/c1-3-7-5(2)4-6(9)8(11)10-7/h4H,3,9H2,1-2H3,(H,10,11). The minimum absolute atomic E-state index is 0.188. The third kappa shape index (κ3) is 1.42. The van der Waals surface area contributed by atoms with E-state index in [1.54, 1.807) is 6.07 Å². The van der Waals surface area contributed by atoms with E-state index in [0.717, 1.165) is 17.7 Å². The lowest BCUT2D eigenvalue weighted by Gasteiger charge is -2.02. The number of aromatic nitrogens is 1. The molecule has 3 N–H and O–H groups in total. The molecule has 0 aliphatic carbocycles. The molecule has 0 fully saturated rings. The Morgan fingerprint density at radius 3 is 2.82 bits per heavy atom. The largest absolute Gasteiger partial charge is 0.394 e. The van der Waals surface area contributed by atoms with Crippen LogP contribution in [0.2, 0.25) is 0 Å². The molecule has 11 heavy (non-hydrogen) atoms. The lowest BCUT2D eigenvalue weighted by Crippen LogP contribution is -2.14. The van der Waals surface area contributed by atoms with Crippen molar-refractivity contribution in [1.29, 1.82) is 0 Å². The van der Waals surface area contributed by atoms with E-state index in [2.05, 4.69) is 4.98 Å². The second kappa shape index (κ2) is 2.78. The summed E-state index contributed by atoms with van der Waals surface area (Å²) in [5.74, 6) is 0. The first-order chi connectivity index (χ1) is 5.15. The number of hydrogen-bond acceptors (Lipinski definition) is 2. The maximum Gasteiger partial charge on any atom is 0.271 e. The van der Waals surface area contributed by atoms with Crippen LogP contribution in [0.15, 0.2) is 10.9 Å². The minimum atomic E-state index is -0.188. The number of rotatable bonds is 1. The molecular formula is C8H12N2O. The molecule has 0 saturated heterocycles. The van der Waals surface area contributed by atoms with Gasteiger partial charge in [0.25, 0.3) is 5.56 Å². The SMILES string of the molecule is CCc1[nH]c(=O)c(N)cc1C. The van der Waals surface area contributed by atoms with Gasteiger partial charge >= 0.3 is 0 Å². The highest BCUT2D eigenvalue weighted by molar-refractivity contribution is 5.39. The molecule has 0 aromatic carbocycles. The number of H-pyrrole nitrogens is 1. The lowest BCUT2D eigenvalue weighted by molar-refractivity contribution is 0.989. The Kier molecular flexibility index (Phi) is 1.98. The molecule has 60 valence electrons. The van der Waals surface area contributed by atoms with Gasteiger partial charge in [0.2, 0.25) is 0 Å². The van der Waals surface area contributed by atoms with Gasteiger partial charge in [0, 0.05) is 5.69 Å². The molecule has 0 bridgehead atoms. The number of aromatic amines is 1. The summed E-state index contributed by atoms with van der Waals surface area (Å²) < 4.78 is 0. The van der Waals surface area contributed by atoms with E-state index in [1.165, 1.54) is 0 Å². The Bertz CT molecular complexity index is 314. The van der Waals surface area contributed by atoms with Gasteiger partial charge in [-0.15, -0.1) is 0 Å². The van der Waals surface area contributed by atoms with E-state index in [4.69, 9.17) is 5.73 Å². The van der Waals surface area contributed by atoms with Crippen molar-refractivity contribution in [2.45, 2.75) is 20.3 Å². The third-order valence-corrected chi connectivity index (χ3v) is 1.73. The molecule has 3 heteroatoms. The van der Waals surface area contributed by atoms with Gasteiger partial charge < -0.3 is 10.7 Å². The quantitative estimate of drug-likeness (QED) is 0.626. The average molecular weight is 152 g/mol. The number of nitrogens with one attached hydrogen (secondary N) is 1. The van der Waals surface area contributed by atoms with Gasteiger partial charge in [-0.2, -0.15) is 0 Å². The smallest absolute Gasteiger partial charge is 0.271 e. The summed E-state index contributed by atoms with van der Waals surface area (Å²) in [6.45, 7) is 3.93. The first kappa shape index (κ1) is 7.85. The van der Waals surface area contributed by atoms with E-state index >= 15 is 0 Å². The number of anilines is 1. The highest BCUT2D eigenvalue weighted by Crippen LogP contribution is 2.04. The Morgan fingerprint density at radius 1 is 1.64 bits per heavy atom. The Hall–Kier alpha value is -1.25. The fourth-order valence-electron chi connectivity index (χ4n) is 1.06. The van der Waals surface area contributed by atoms with Crippen LogP contribution in [0, 0.1) is 6.92 Å². The van der Waals surface area contributed by atoms with Crippen molar-refractivity contribution >= 4 is 5.69 Å². The van der Waals surface area contributed by atoms with Crippen molar-refractivity contribution < 1.29 is 0 Å². The van der Waals surface area contributed by atoms with Gasteiger partial charge in [0.05, 0.1) is 5.69 Å². The van der Waals surface area contributed by atoms with Crippen molar-refractivity contribution in [2.75, 3.05) is 5.73 Å². The van der Waals surface area contributed by atoms with Crippen LogP contribution in [0.3, 0.4) is 0 Å². The zero-order chi connectivity index (χ0) is 8.43. The van der Waals surface area contributed by atoms with Crippen molar-refractivity contribution in [3.8, 4) is 0 Å². The first-order valence-corrected chi connectivity index (χ1v) is 3.63. The lowest BCUT2D eigenvalue weighted by atomic mass is 10.2. The number of hydrogen-bond donors (Lipinski definition) is 2. The molecule has 1 aromatic rings. The molecule has 0 saturated carbocycles. The summed E-state index contributed by atoms with van der Waals surface area (Å²) >= 11 is 0. The highest BCUT2D eigenvalue weighted by atomic mass is 16.1. The van der Waals surface area contributed by atoms with E-state index in [9.17, 15) is 4.79 Å². The van der Waals surface area contributed by atoms with Crippen LogP contribution in [-0.4, -0.2) is 4.98 Å². The van der Waals surface area contributed by atoms with Gasteiger partial charge in [0.1, 0.15) is 0 Å². The number of nitrogens with two attached hydrogens (primary N) is 1. The zero-order valence-corrected chi connectivity index (χ0v) is 6.77. The molecule has 0 amide bonds. The molecule has 0 aliphatic rings. The van der Waals surface area contributed by atoms with E-state index in [1.807, 2.05) is 13.8 Å². The fourth-order valence-corrected chi connectivity index (χ4v) is 1.06. The maximum atomic E-state index is 11.0. The molecule has 0 unspecified atom stereocenters. The van der Waals surface area contributed by atoms with Crippen LogP contribution >= 0.6 is 0 Å². The van der Waals surface area contributed by atoms with Crippen LogP contribution in [-0.2, 0) is 6.42 Å². The van der Waals surface area contributed by atoms with Gasteiger partial charge in [0.15, 0.2) is 0 Å². The molecule has 1 heterocycles. The van der Waals surface area contributed by atoms with Gasteiger partial charge in [-0.05, 0) is 25.0 Å². The summed E-state index contributed by atoms with van der Waals surface area (Å²) in [7, 11) is 0. The number of aryl methyl sites for hydroxylation is 2. The monoisotopic (exact) mass is 152 g/mol. The molecular weight excluding hydrogens is 140 g/mol. The Labute approximate surface area is 65.2 Å². The first-order valence-electron chi connectivity index (χ1n) is 3.63.